The number of rotatable bonds is 1. The molecule has 1 heterocycles. The summed E-state index contributed by atoms with van der Waals surface area (Å²) in [5.41, 5.74) is -0.384. The highest BCUT2D eigenvalue weighted by atomic mass is 16.3. The number of piperidine rings is 1. The van der Waals surface area contributed by atoms with Crippen LogP contribution in [0.5, 0.6) is 0 Å². The summed E-state index contributed by atoms with van der Waals surface area (Å²) in [6.45, 7) is 6.09. The van der Waals surface area contributed by atoms with Gasteiger partial charge in [-0.05, 0) is 25.3 Å². The van der Waals surface area contributed by atoms with E-state index < -0.39 is 0 Å². The first-order chi connectivity index (χ1) is 4.69. The molecular weight excluding hydrogens is 126 g/mol. The Hall–Kier alpha value is -0.0800. The summed E-state index contributed by atoms with van der Waals surface area (Å²) in [7, 11) is 0. The summed E-state index contributed by atoms with van der Waals surface area (Å²) in [5, 5.41) is 13.2. The van der Waals surface area contributed by atoms with Crippen LogP contribution in [0.4, 0.5) is 0 Å². The minimum atomic E-state index is -0.384. The average molecular weight is 143 g/mol. The molecular formula is C8H17NO. The molecule has 2 N–H and O–H groups in total. The molecule has 1 aliphatic rings. The first kappa shape index (κ1) is 8.02. The Labute approximate surface area is 62.6 Å². The van der Waals surface area contributed by atoms with Gasteiger partial charge in [0.1, 0.15) is 0 Å². The predicted molar refractivity (Wildman–Crippen MR) is 41.9 cm³/mol. The molecule has 2 nitrogen and oxygen atoms in total. The van der Waals surface area contributed by atoms with Gasteiger partial charge in [-0.15, -0.1) is 0 Å². The Morgan fingerprint density at radius 3 is 2.80 bits per heavy atom. The molecule has 1 rings (SSSR count). The third-order valence-electron chi connectivity index (χ3n) is 2.71. The van der Waals surface area contributed by atoms with Crippen LogP contribution in [0.25, 0.3) is 0 Å². The monoisotopic (exact) mass is 143 g/mol. The summed E-state index contributed by atoms with van der Waals surface area (Å²) in [5.74, 6) is 0.409. The molecule has 2 unspecified atom stereocenters. The van der Waals surface area contributed by atoms with Gasteiger partial charge in [-0.1, -0.05) is 13.8 Å². The highest BCUT2D eigenvalue weighted by Crippen LogP contribution is 2.26. The summed E-state index contributed by atoms with van der Waals surface area (Å²) in [6.07, 6.45) is 1.79. The fourth-order valence-electron chi connectivity index (χ4n) is 1.59. The lowest BCUT2D eigenvalue weighted by atomic mass is 9.81. The SMILES string of the molecule is CCC1(O)CCNCC1C. The van der Waals surface area contributed by atoms with E-state index >= 15 is 0 Å². The van der Waals surface area contributed by atoms with Crippen molar-refractivity contribution in [2.75, 3.05) is 13.1 Å². The Bertz CT molecular complexity index is 116. The van der Waals surface area contributed by atoms with Gasteiger partial charge in [-0.2, -0.15) is 0 Å². The van der Waals surface area contributed by atoms with Gasteiger partial charge in [0.05, 0.1) is 5.60 Å². The van der Waals surface area contributed by atoms with E-state index in [1.807, 2.05) is 0 Å². The lowest BCUT2D eigenvalue weighted by molar-refractivity contribution is -0.0364. The van der Waals surface area contributed by atoms with Crippen molar-refractivity contribution in [1.29, 1.82) is 0 Å². The van der Waals surface area contributed by atoms with Crippen LogP contribution in [0.2, 0.25) is 0 Å². The zero-order valence-corrected chi connectivity index (χ0v) is 6.85. The summed E-state index contributed by atoms with van der Waals surface area (Å²) >= 11 is 0. The van der Waals surface area contributed by atoms with Gasteiger partial charge in [0.2, 0.25) is 0 Å². The van der Waals surface area contributed by atoms with Gasteiger partial charge >= 0.3 is 0 Å². The molecule has 0 bridgehead atoms. The summed E-state index contributed by atoms with van der Waals surface area (Å²) in [6, 6.07) is 0. The second-order valence-electron chi connectivity index (χ2n) is 3.31. The summed E-state index contributed by atoms with van der Waals surface area (Å²) < 4.78 is 0. The second-order valence-corrected chi connectivity index (χ2v) is 3.31. The first-order valence-electron chi connectivity index (χ1n) is 4.12. The van der Waals surface area contributed by atoms with Crippen molar-refractivity contribution in [1.82, 2.24) is 5.32 Å². The van der Waals surface area contributed by atoms with Crippen LogP contribution in [-0.2, 0) is 0 Å². The van der Waals surface area contributed by atoms with E-state index in [2.05, 4.69) is 19.2 Å². The van der Waals surface area contributed by atoms with E-state index in [1.165, 1.54) is 0 Å². The van der Waals surface area contributed by atoms with Crippen LogP contribution in [0.1, 0.15) is 26.7 Å². The van der Waals surface area contributed by atoms with Gasteiger partial charge in [0.15, 0.2) is 0 Å². The lowest BCUT2D eigenvalue weighted by Gasteiger charge is -2.37. The highest BCUT2D eigenvalue weighted by Gasteiger charge is 2.33. The molecule has 2 heteroatoms. The van der Waals surface area contributed by atoms with Crippen LogP contribution in [0.15, 0.2) is 0 Å². The third-order valence-corrected chi connectivity index (χ3v) is 2.71. The molecule has 0 aliphatic carbocycles. The Balaban J connectivity index is 2.54. The molecule has 2 atom stereocenters. The average Bonchev–Trinajstić information content (AvgIpc) is 1.96. The quantitative estimate of drug-likeness (QED) is 0.568. The third kappa shape index (κ3) is 1.32. The zero-order chi connectivity index (χ0) is 7.61. The molecule has 1 saturated heterocycles. The van der Waals surface area contributed by atoms with E-state index in [1.54, 1.807) is 0 Å². The van der Waals surface area contributed by atoms with E-state index in [-0.39, 0.29) is 5.60 Å². The van der Waals surface area contributed by atoms with Crippen molar-refractivity contribution < 1.29 is 5.11 Å². The lowest BCUT2D eigenvalue weighted by Crippen LogP contribution is -2.48. The number of hydrogen-bond donors (Lipinski definition) is 2. The Morgan fingerprint density at radius 2 is 2.40 bits per heavy atom. The molecule has 0 radical (unpaired) electrons. The number of aliphatic hydroxyl groups is 1. The van der Waals surface area contributed by atoms with E-state index in [4.69, 9.17) is 0 Å². The second kappa shape index (κ2) is 2.89. The largest absolute Gasteiger partial charge is 0.390 e. The van der Waals surface area contributed by atoms with Crippen LogP contribution in [-0.4, -0.2) is 23.8 Å². The highest BCUT2D eigenvalue weighted by molar-refractivity contribution is 4.88. The predicted octanol–water partition coefficient (Wildman–Crippen LogP) is 0.757. The van der Waals surface area contributed by atoms with E-state index in [0.29, 0.717) is 5.92 Å². The van der Waals surface area contributed by atoms with E-state index in [9.17, 15) is 5.11 Å². The molecule has 0 aromatic carbocycles. The topological polar surface area (TPSA) is 32.3 Å². The molecule has 0 spiro atoms. The molecule has 0 amide bonds. The minimum absolute atomic E-state index is 0.384. The van der Waals surface area contributed by atoms with Gasteiger partial charge in [0.25, 0.3) is 0 Å². The molecule has 10 heavy (non-hydrogen) atoms. The van der Waals surface area contributed by atoms with Crippen molar-refractivity contribution in [3.8, 4) is 0 Å². The van der Waals surface area contributed by atoms with Crippen molar-refractivity contribution in [2.24, 2.45) is 5.92 Å². The zero-order valence-electron chi connectivity index (χ0n) is 6.85. The van der Waals surface area contributed by atoms with Crippen LogP contribution >= 0.6 is 0 Å². The molecule has 1 aliphatic heterocycles. The molecule has 0 aromatic rings. The number of nitrogens with one attached hydrogen (secondary N) is 1. The minimum Gasteiger partial charge on any atom is -0.390 e. The number of hydrogen-bond acceptors (Lipinski definition) is 2. The fraction of sp³-hybridized carbons (Fsp3) is 1.00. The van der Waals surface area contributed by atoms with Crippen molar-refractivity contribution >= 4 is 0 Å². The van der Waals surface area contributed by atoms with E-state index in [0.717, 1.165) is 25.9 Å². The Morgan fingerprint density at radius 1 is 1.70 bits per heavy atom. The van der Waals surface area contributed by atoms with Crippen molar-refractivity contribution in [3.05, 3.63) is 0 Å². The van der Waals surface area contributed by atoms with Crippen LogP contribution in [0, 0.1) is 5.92 Å². The first-order valence-corrected chi connectivity index (χ1v) is 4.12. The molecule has 1 fully saturated rings. The molecule has 60 valence electrons. The summed E-state index contributed by atoms with van der Waals surface area (Å²) in [4.78, 5) is 0. The van der Waals surface area contributed by atoms with Gasteiger partial charge in [0, 0.05) is 6.54 Å². The van der Waals surface area contributed by atoms with Gasteiger partial charge in [-0.3, -0.25) is 0 Å². The van der Waals surface area contributed by atoms with Crippen molar-refractivity contribution in [3.63, 3.8) is 0 Å². The van der Waals surface area contributed by atoms with Crippen LogP contribution in [0.3, 0.4) is 0 Å². The Kier molecular flexibility index (Phi) is 2.32. The molecule has 0 saturated carbocycles. The van der Waals surface area contributed by atoms with Gasteiger partial charge in [-0.25, -0.2) is 0 Å². The maximum Gasteiger partial charge on any atom is 0.0694 e. The fourth-order valence-corrected chi connectivity index (χ4v) is 1.59. The van der Waals surface area contributed by atoms with Crippen LogP contribution < -0.4 is 5.32 Å². The maximum atomic E-state index is 9.91. The maximum absolute atomic E-state index is 9.91. The van der Waals surface area contributed by atoms with Gasteiger partial charge < -0.3 is 10.4 Å². The normalized spacial score (nSPS) is 41.7. The standard InChI is InChI=1S/C8H17NO/c1-3-8(10)4-5-9-6-7(8)2/h7,9-10H,3-6H2,1-2H3. The van der Waals surface area contributed by atoms with Crippen molar-refractivity contribution in [2.45, 2.75) is 32.3 Å². The smallest absolute Gasteiger partial charge is 0.0694 e. The molecule has 0 aromatic heterocycles.